The van der Waals surface area contributed by atoms with Gasteiger partial charge < -0.3 is 35.0 Å². The van der Waals surface area contributed by atoms with Crippen molar-refractivity contribution in [2.45, 2.75) is 140 Å². The minimum absolute atomic E-state index is 0.0408. The molecule has 8 heteroatoms. The van der Waals surface area contributed by atoms with Crippen molar-refractivity contribution in [1.29, 1.82) is 0 Å². The molecule has 0 radical (unpaired) electrons. The van der Waals surface area contributed by atoms with Gasteiger partial charge in [-0.2, -0.15) is 0 Å². The summed E-state index contributed by atoms with van der Waals surface area (Å²) in [6.07, 6.45) is 11.3. The Balaban J connectivity index is 2.03. The molecule has 0 saturated carbocycles. The fourth-order valence-electron chi connectivity index (χ4n) is 4.06. The van der Waals surface area contributed by atoms with Gasteiger partial charge in [0, 0.05) is 6.42 Å². The molecular weight excluding hydrogens is 416 g/mol. The van der Waals surface area contributed by atoms with Gasteiger partial charge in [0.25, 0.3) is 0 Å². The summed E-state index contributed by atoms with van der Waals surface area (Å²) in [6.45, 7) is 1.52. The molecule has 190 valence electrons. The van der Waals surface area contributed by atoms with E-state index in [1.165, 1.54) is 70.6 Å². The number of carbonyl (C=O) groups is 1. The van der Waals surface area contributed by atoms with Crippen LogP contribution in [-0.4, -0.2) is 68.5 Å². The highest BCUT2D eigenvalue weighted by molar-refractivity contribution is 5.69. The van der Waals surface area contributed by atoms with Gasteiger partial charge in [-0.1, -0.05) is 96.8 Å². The van der Waals surface area contributed by atoms with Crippen molar-refractivity contribution < 1.29 is 39.8 Å². The number of esters is 1. The topological polar surface area (TPSA) is 137 Å². The molecule has 1 rings (SSSR count). The molecule has 0 aromatic rings. The number of aliphatic hydroxyl groups is 5. The van der Waals surface area contributed by atoms with Gasteiger partial charge in [0.2, 0.25) is 0 Å². The van der Waals surface area contributed by atoms with Crippen LogP contribution >= 0.6 is 0 Å². The second kappa shape index (κ2) is 16.8. The van der Waals surface area contributed by atoms with Gasteiger partial charge in [-0.25, -0.2) is 0 Å². The second-order valence-corrected chi connectivity index (χ2v) is 9.07. The van der Waals surface area contributed by atoms with Crippen molar-refractivity contribution in [3.63, 3.8) is 0 Å². The first-order valence-electron chi connectivity index (χ1n) is 12.6. The molecule has 1 aliphatic rings. The maximum atomic E-state index is 12.0. The van der Waals surface area contributed by atoms with Crippen molar-refractivity contribution in [2.24, 2.45) is 0 Å². The first kappa shape index (κ1) is 29.3. The minimum Gasteiger partial charge on any atom is -0.406 e. The molecule has 0 bridgehead atoms. The number of rotatable bonds is 18. The summed E-state index contributed by atoms with van der Waals surface area (Å²) in [5.41, 5.74) is 0. The largest absolute Gasteiger partial charge is 0.406 e. The number of carbonyl (C=O) groups excluding carboxylic acids is 1. The van der Waals surface area contributed by atoms with E-state index in [0.717, 1.165) is 19.3 Å². The van der Waals surface area contributed by atoms with E-state index in [9.17, 15) is 25.2 Å². The van der Waals surface area contributed by atoms with Crippen molar-refractivity contribution in [1.82, 2.24) is 0 Å². The SMILES string of the molecule is CCCCCCCCCCCCCCCCCC(=O)O[C@@]1(O)O[C@H](CO)[C@H](O)[C@H](O)[C@H]1O. The first-order chi connectivity index (χ1) is 15.4. The van der Waals surface area contributed by atoms with Crippen LogP contribution in [0, 0.1) is 0 Å². The fraction of sp³-hybridized carbons (Fsp3) is 0.958. The average Bonchev–Trinajstić information content (AvgIpc) is 2.77. The standard InChI is InChI=1S/C24H46O8/c1-2-3-4-5-6-7-8-9-10-11-12-13-14-15-16-17-20(26)32-24(30)23(29)22(28)21(27)19(18-25)31-24/h19,21-23,25,27-30H,2-18H2,1H3/t19-,21+,22+,23-,24+/m1/s1. The maximum Gasteiger partial charge on any atom is 0.357 e. The molecule has 0 aliphatic carbocycles. The van der Waals surface area contributed by atoms with Crippen molar-refractivity contribution in [2.75, 3.05) is 6.61 Å². The van der Waals surface area contributed by atoms with Crippen LogP contribution in [0.5, 0.6) is 0 Å². The van der Waals surface area contributed by atoms with E-state index in [2.05, 4.69) is 6.92 Å². The summed E-state index contributed by atoms with van der Waals surface area (Å²) in [5, 5.41) is 48.7. The summed E-state index contributed by atoms with van der Waals surface area (Å²) in [6, 6.07) is 0. The van der Waals surface area contributed by atoms with Crippen LogP contribution in [0.4, 0.5) is 0 Å². The molecule has 0 unspecified atom stereocenters. The summed E-state index contributed by atoms with van der Waals surface area (Å²) in [4.78, 5) is 12.0. The number of ether oxygens (including phenoxy) is 2. The Bertz CT molecular complexity index is 487. The fourth-order valence-corrected chi connectivity index (χ4v) is 4.06. The highest BCUT2D eigenvalue weighted by atomic mass is 16.8. The molecule has 1 saturated heterocycles. The Kier molecular flexibility index (Phi) is 15.3. The van der Waals surface area contributed by atoms with Crippen molar-refractivity contribution in [3.8, 4) is 0 Å². The third kappa shape index (κ3) is 10.9. The monoisotopic (exact) mass is 462 g/mol. The van der Waals surface area contributed by atoms with Crippen LogP contribution in [0.15, 0.2) is 0 Å². The third-order valence-corrected chi connectivity index (χ3v) is 6.17. The highest BCUT2D eigenvalue weighted by Gasteiger charge is 2.55. The van der Waals surface area contributed by atoms with Crippen molar-refractivity contribution in [3.05, 3.63) is 0 Å². The molecule has 1 heterocycles. The Hall–Kier alpha value is -0.770. The number of aliphatic hydroxyl groups excluding tert-OH is 4. The maximum absolute atomic E-state index is 12.0. The lowest BCUT2D eigenvalue weighted by Gasteiger charge is -2.43. The molecule has 0 spiro atoms. The number of hydrogen-bond donors (Lipinski definition) is 5. The van der Waals surface area contributed by atoms with Gasteiger partial charge in [0.15, 0.2) is 6.10 Å². The zero-order chi connectivity index (χ0) is 23.8. The van der Waals surface area contributed by atoms with E-state index in [0.29, 0.717) is 6.42 Å². The zero-order valence-corrected chi connectivity index (χ0v) is 19.8. The van der Waals surface area contributed by atoms with E-state index >= 15 is 0 Å². The molecular formula is C24H46O8. The highest BCUT2D eigenvalue weighted by Crippen LogP contribution is 2.29. The van der Waals surface area contributed by atoms with Gasteiger partial charge in [-0.15, -0.1) is 0 Å². The minimum atomic E-state index is -2.79. The first-order valence-corrected chi connectivity index (χ1v) is 12.6. The summed E-state index contributed by atoms with van der Waals surface area (Å²) in [7, 11) is 0. The van der Waals surface area contributed by atoms with E-state index in [-0.39, 0.29) is 6.42 Å². The smallest absolute Gasteiger partial charge is 0.357 e. The summed E-state index contributed by atoms with van der Waals surface area (Å²) < 4.78 is 9.74. The van der Waals surface area contributed by atoms with Crippen LogP contribution in [0.1, 0.15) is 110 Å². The molecule has 32 heavy (non-hydrogen) atoms. The van der Waals surface area contributed by atoms with Crippen LogP contribution in [0.2, 0.25) is 0 Å². The average molecular weight is 463 g/mol. The molecule has 1 fully saturated rings. The van der Waals surface area contributed by atoms with E-state index in [4.69, 9.17) is 14.6 Å². The van der Waals surface area contributed by atoms with Gasteiger partial charge >= 0.3 is 11.9 Å². The van der Waals surface area contributed by atoms with Gasteiger partial charge in [-0.05, 0) is 6.42 Å². The molecule has 5 N–H and O–H groups in total. The number of unbranched alkanes of at least 4 members (excludes halogenated alkanes) is 14. The zero-order valence-electron chi connectivity index (χ0n) is 19.8. The van der Waals surface area contributed by atoms with Gasteiger partial charge in [0.1, 0.15) is 18.3 Å². The van der Waals surface area contributed by atoms with E-state index in [1.807, 2.05) is 0 Å². The Morgan fingerprint density at radius 3 is 1.66 bits per heavy atom. The summed E-state index contributed by atoms with van der Waals surface area (Å²) in [5.74, 6) is -3.57. The predicted octanol–water partition coefficient (Wildman–Crippen LogP) is 2.91. The lowest BCUT2D eigenvalue weighted by Crippen LogP contribution is -2.66. The third-order valence-electron chi connectivity index (χ3n) is 6.17. The molecule has 5 atom stereocenters. The molecule has 1 aliphatic heterocycles. The Morgan fingerprint density at radius 2 is 1.22 bits per heavy atom. The molecule has 0 amide bonds. The quantitative estimate of drug-likeness (QED) is 0.119. The van der Waals surface area contributed by atoms with Crippen LogP contribution < -0.4 is 0 Å². The summed E-state index contributed by atoms with van der Waals surface area (Å²) >= 11 is 0. The van der Waals surface area contributed by atoms with E-state index < -0.39 is 43.0 Å². The van der Waals surface area contributed by atoms with Gasteiger partial charge in [-0.3, -0.25) is 4.79 Å². The lowest BCUT2D eigenvalue weighted by molar-refractivity contribution is -0.434. The van der Waals surface area contributed by atoms with Crippen molar-refractivity contribution >= 4 is 5.97 Å². The predicted molar refractivity (Wildman–Crippen MR) is 121 cm³/mol. The van der Waals surface area contributed by atoms with Crippen LogP contribution in [-0.2, 0) is 14.3 Å². The van der Waals surface area contributed by atoms with Crippen LogP contribution in [0.3, 0.4) is 0 Å². The number of hydrogen-bond acceptors (Lipinski definition) is 8. The molecule has 0 aromatic carbocycles. The molecule has 8 nitrogen and oxygen atoms in total. The normalized spacial score (nSPS) is 28.1. The second-order valence-electron chi connectivity index (χ2n) is 9.07. The van der Waals surface area contributed by atoms with Crippen LogP contribution in [0.25, 0.3) is 0 Å². The van der Waals surface area contributed by atoms with Gasteiger partial charge in [0.05, 0.1) is 6.61 Å². The Morgan fingerprint density at radius 1 is 0.781 bits per heavy atom. The Labute approximate surface area is 192 Å². The van der Waals surface area contributed by atoms with E-state index in [1.54, 1.807) is 0 Å². The molecule has 0 aromatic heterocycles. The lowest BCUT2D eigenvalue weighted by atomic mass is 9.98.